The lowest BCUT2D eigenvalue weighted by atomic mass is 10.2. The highest BCUT2D eigenvalue weighted by molar-refractivity contribution is 14.1. The van der Waals surface area contributed by atoms with Crippen LogP contribution < -0.4 is 0 Å². The first-order valence-corrected chi connectivity index (χ1v) is 4.92. The molecule has 0 heterocycles. The standard InChI is InChI=1S/C8H8ISi/c1-6-2-3-8(9)7(4-6)5-10/h2-4H,5H2,1H3. The Morgan fingerprint density at radius 1 is 1.50 bits per heavy atom. The van der Waals surface area contributed by atoms with Crippen LogP contribution in [0.3, 0.4) is 0 Å². The van der Waals surface area contributed by atoms with Gasteiger partial charge in [-0.3, -0.25) is 0 Å². The van der Waals surface area contributed by atoms with Gasteiger partial charge < -0.3 is 0 Å². The van der Waals surface area contributed by atoms with Gasteiger partial charge in [-0.2, -0.15) is 0 Å². The summed E-state index contributed by atoms with van der Waals surface area (Å²) in [6, 6.07) is 7.42. The van der Waals surface area contributed by atoms with Crippen molar-refractivity contribution in [1.82, 2.24) is 0 Å². The molecule has 0 spiro atoms. The summed E-state index contributed by atoms with van der Waals surface area (Å²) in [5.41, 5.74) is 2.70. The van der Waals surface area contributed by atoms with Crippen LogP contribution in [0.5, 0.6) is 0 Å². The van der Waals surface area contributed by atoms with Crippen LogP contribution in [0.25, 0.3) is 0 Å². The van der Waals surface area contributed by atoms with E-state index in [9.17, 15) is 0 Å². The summed E-state index contributed by atoms with van der Waals surface area (Å²) in [5, 5.41) is 0. The molecule has 0 fully saturated rings. The minimum absolute atomic E-state index is 0.944. The zero-order chi connectivity index (χ0) is 7.56. The molecule has 51 valence electrons. The van der Waals surface area contributed by atoms with E-state index in [-0.39, 0.29) is 0 Å². The van der Waals surface area contributed by atoms with Crippen molar-refractivity contribution in [2.45, 2.75) is 13.0 Å². The SMILES string of the molecule is Cc1ccc(I)c(C[Si])c1. The molecule has 0 amide bonds. The van der Waals surface area contributed by atoms with Crippen LogP contribution in [0.1, 0.15) is 11.1 Å². The van der Waals surface area contributed by atoms with Gasteiger partial charge in [-0.1, -0.05) is 17.7 Å². The number of hydrogen-bond acceptors (Lipinski definition) is 0. The summed E-state index contributed by atoms with van der Waals surface area (Å²) in [6.07, 6.45) is 0. The predicted molar refractivity (Wildman–Crippen MR) is 53.4 cm³/mol. The van der Waals surface area contributed by atoms with Crippen LogP contribution in [0.4, 0.5) is 0 Å². The molecule has 3 radical (unpaired) electrons. The van der Waals surface area contributed by atoms with Crippen LogP contribution in [0, 0.1) is 10.5 Å². The molecule has 0 aromatic heterocycles. The maximum absolute atomic E-state index is 3.48. The van der Waals surface area contributed by atoms with Crippen molar-refractivity contribution in [2.75, 3.05) is 0 Å². The van der Waals surface area contributed by atoms with Gasteiger partial charge in [-0.05, 0) is 47.2 Å². The van der Waals surface area contributed by atoms with Crippen LogP contribution in [0.15, 0.2) is 18.2 Å². The molecule has 0 saturated heterocycles. The van der Waals surface area contributed by atoms with Gasteiger partial charge in [0.1, 0.15) is 0 Å². The fourth-order valence-electron chi connectivity index (χ4n) is 0.839. The zero-order valence-electron chi connectivity index (χ0n) is 5.82. The summed E-state index contributed by atoms with van der Waals surface area (Å²) in [5.74, 6) is 0. The van der Waals surface area contributed by atoms with E-state index in [1.165, 1.54) is 14.7 Å². The Morgan fingerprint density at radius 2 is 2.20 bits per heavy atom. The Hall–Kier alpha value is 0.167. The molecule has 0 saturated carbocycles. The topological polar surface area (TPSA) is 0 Å². The van der Waals surface area contributed by atoms with Crippen molar-refractivity contribution in [3.8, 4) is 0 Å². The molecule has 0 nitrogen and oxygen atoms in total. The number of halogens is 1. The van der Waals surface area contributed by atoms with E-state index in [2.05, 4.69) is 58.0 Å². The first kappa shape index (κ1) is 8.27. The first-order chi connectivity index (χ1) is 4.74. The largest absolute Gasteiger partial charge is 0.0583 e. The van der Waals surface area contributed by atoms with Crippen LogP contribution in [-0.2, 0) is 6.04 Å². The maximum Gasteiger partial charge on any atom is 0.0284 e. The summed E-state index contributed by atoms with van der Waals surface area (Å²) in [7, 11) is 3.48. The highest BCUT2D eigenvalue weighted by Gasteiger charge is 1.95. The Labute approximate surface area is 78.6 Å². The molecule has 0 bridgehead atoms. The molecule has 0 aliphatic heterocycles. The molecule has 0 atom stereocenters. The average molecular weight is 259 g/mol. The fraction of sp³-hybridized carbons (Fsp3) is 0.250. The van der Waals surface area contributed by atoms with Crippen molar-refractivity contribution in [3.63, 3.8) is 0 Å². The number of benzene rings is 1. The van der Waals surface area contributed by atoms with Gasteiger partial charge in [0.15, 0.2) is 0 Å². The van der Waals surface area contributed by atoms with Gasteiger partial charge in [0.25, 0.3) is 0 Å². The predicted octanol–water partition coefficient (Wildman–Crippen LogP) is 2.27. The number of aryl methyl sites for hydroxylation is 1. The monoisotopic (exact) mass is 259 g/mol. The van der Waals surface area contributed by atoms with Gasteiger partial charge in [-0.25, -0.2) is 0 Å². The summed E-state index contributed by atoms with van der Waals surface area (Å²) in [4.78, 5) is 0. The van der Waals surface area contributed by atoms with Gasteiger partial charge >= 0.3 is 0 Å². The molecule has 2 heteroatoms. The van der Waals surface area contributed by atoms with Crippen molar-refractivity contribution >= 4 is 32.8 Å². The highest BCUT2D eigenvalue weighted by Crippen LogP contribution is 2.13. The van der Waals surface area contributed by atoms with E-state index in [0.29, 0.717) is 0 Å². The fourth-order valence-corrected chi connectivity index (χ4v) is 2.02. The van der Waals surface area contributed by atoms with Crippen LogP contribution in [-0.4, -0.2) is 10.2 Å². The third-order valence-electron chi connectivity index (χ3n) is 1.39. The molecule has 1 rings (SSSR count). The average Bonchev–Trinajstić information content (AvgIpc) is 1.94. The minimum Gasteiger partial charge on any atom is -0.0583 e. The third kappa shape index (κ3) is 1.82. The quantitative estimate of drug-likeness (QED) is 0.536. The van der Waals surface area contributed by atoms with E-state index >= 15 is 0 Å². The van der Waals surface area contributed by atoms with Crippen LogP contribution >= 0.6 is 22.6 Å². The highest BCUT2D eigenvalue weighted by atomic mass is 127. The van der Waals surface area contributed by atoms with Crippen molar-refractivity contribution in [1.29, 1.82) is 0 Å². The Kier molecular flexibility index (Phi) is 2.91. The zero-order valence-corrected chi connectivity index (χ0v) is 8.97. The van der Waals surface area contributed by atoms with E-state index in [4.69, 9.17) is 0 Å². The molecule has 10 heavy (non-hydrogen) atoms. The van der Waals surface area contributed by atoms with Crippen molar-refractivity contribution < 1.29 is 0 Å². The summed E-state index contributed by atoms with van der Waals surface area (Å²) in [6.45, 7) is 2.11. The van der Waals surface area contributed by atoms with Gasteiger partial charge in [0.05, 0.1) is 0 Å². The molecule has 0 N–H and O–H groups in total. The lowest BCUT2D eigenvalue weighted by Crippen LogP contribution is -1.88. The normalized spacial score (nSPS) is 9.90. The van der Waals surface area contributed by atoms with Crippen molar-refractivity contribution in [2.24, 2.45) is 0 Å². The van der Waals surface area contributed by atoms with Crippen LogP contribution in [0.2, 0.25) is 0 Å². The van der Waals surface area contributed by atoms with E-state index in [1.54, 1.807) is 0 Å². The Bertz CT molecular complexity index is 233. The third-order valence-corrected chi connectivity index (χ3v) is 2.82. The Morgan fingerprint density at radius 3 is 2.70 bits per heavy atom. The molecule has 1 aromatic carbocycles. The van der Waals surface area contributed by atoms with E-state index in [1.807, 2.05) is 0 Å². The molecular weight excluding hydrogens is 251 g/mol. The lowest BCUT2D eigenvalue weighted by Gasteiger charge is -2.00. The molecule has 0 aliphatic carbocycles. The second-order valence-electron chi connectivity index (χ2n) is 2.27. The maximum atomic E-state index is 3.48. The van der Waals surface area contributed by atoms with E-state index < -0.39 is 0 Å². The number of hydrogen-bond donors (Lipinski definition) is 0. The summed E-state index contributed by atoms with van der Waals surface area (Å²) < 4.78 is 1.33. The molecule has 1 aromatic rings. The first-order valence-electron chi connectivity index (χ1n) is 3.13. The van der Waals surface area contributed by atoms with Gasteiger partial charge in [-0.15, -0.1) is 0 Å². The molecule has 0 unspecified atom stereocenters. The lowest BCUT2D eigenvalue weighted by molar-refractivity contribution is 1.32. The molecule has 0 aliphatic rings. The molecular formula is C8H8ISi. The van der Waals surface area contributed by atoms with Gasteiger partial charge in [0.2, 0.25) is 0 Å². The number of rotatable bonds is 1. The second kappa shape index (κ2) is 3.53. The second-order valence-corrected chi connectivity index (χ2v) is 3.79. The Balaban J connectivity index is 3.09. The minimum atomic E-state index is 0.944. The van der Waals surface area contributed by atoms with E-state index in [0.717, 1.165) is 6.04 Å². The summed E-state index contributed by atoms with van der Waals surface area (Å²) >= 11 is 2.35. The smallest absolute Gasteiger partial charge is 0.0284 e. The van der Waals surface area contributed by atoms with Gasteiger partial charge in [0, 0.05) is 13.8 Å². The van der Waals surface area contributed by atoms with Crippen molar-refractivity contribution in [3.05, 3.63) is 32.9 Å².